The number of benzene rings is 1. The SMILES string of the molecule is O=S(=O)(c1ccc(Cl)nc1)N1CCN(Cc2cccc(Cl)c2)CC1. The molecule has 0 saturated carbocycles. The molecule has 24 heavy (non-hydrogen) atoms. The number of piperazine rings is 1. The van der Waals surface area contributed by atoms with Crippen LogP contribution in [-0.4, -0.2) is 48.8 Å². The van der Waals surface area contributed by atoms with E-state index in [2.05, 4.69) is 9.88 Å². The average molecular weight is 386 g/mol. The maximum absolute atomic E-state index is 12.6. The fourth-order valence-corrected chi connectivity index (χ4v) is 4.38. The van der Waals surface area contributed by atoms with E-state index in [1.807, 2.05) is 24.3 Å². The van der Waals surface area contributed by atoms with Gasteiger partial charge in [0.1, 0.15) is 10.0 Å². The van der Waals surface area contributed by atoms with E-state index in [0.29, 0.717) is 31.2 Å². The summed E-state index contributed by atoms with van der Waals surface area (Å²) < 4.78 is 26.7. The van der Waals surface area contributed by atoms with Gasteiger partial charge in [-0.25, -0.2) is 13.4 Å². The maximum Gasteiger partial charge on any atom is 0.244 e. The number of hydrogen-bond donors (Lipinski definition) is 0. The maximum atomic E-state index is 12.6. The van der Waals surface area contributed by atoms with Gasteiger partial charge in [-0.1, -0.05) is 35.3 Å². The minimum atomic E-state index is -3.52. The summed E-state index contributed by atoms with van der Waals surface area (Å²) in [6, 6.07) is 10.7. The average Bonchev–Trinajstić information content (AvgIpc) is 2.56. The molecule has 3 rings (SSSR count). The molecule has 0 aliphatic carbocycles. The normalized spacial score (nSPS) is 17.1. The van der Waals surface area contributed by atoms with Gasteiger partial charge in [-0.15, -0.1) is 0 Å². The third-order valence-electron chi connectivity index (χ3n) is 3.96. The zero-order chi connectivity index (χ0) is 17.2. The van der Waals surface area contributed by atoms with E-state index in [1.54, 1.807) is 0 Å². The smallest absolute Gasteiger partial charge is 0.244 e. The highest BCUT2D eigenvalue weighted by atomic mass is 35.5. The van der Waals surface area contributed by atoms with Crippen molar-refractivity contribution in [1.29, 1.82) is 0 Å². The number of nitrogens with zero attached hydrogens (tertiary/aromatic N) is 3. The Labute approximate surface area is 151 Å². The number of aromatic nitrogens is 1. The first-order valence-corrected chi connectivity index (χ1v) is 9.73. The molecule has 1 fully saturated rings. The number of hydrogen-bond acceptors (Lipinski definition) is 4. The molecular weight excluding hydrogens is 369 g/mol. The third-order valence-corrected chi connectivity index (χ3v) is 6.31. The number of rotatable bonds is 4. The molecule has 8 heteroatoms. The van der Waals surface area contributed by atoms with Crippen molar-refractivity contribution in [2.75, 3.05) is 26.2 Å². The van der Waals surface area contributed by atoms with Crippen LogP contribution in [0.5, 0.6) is 0 Å². The van der Waals surface area contributed by atoms with Crippen LogP contribution in [-0.2, 0) is 16.6 Å². The lowest BCUT2D eigenvalue weighted by Crippen LogP contribution is -2.48. The van der Waals surface area contributed by atoms with Crippen molar-refractivity contribution in [3.05, 3.63) is 58.3 Å². The van der Waals surface area contributed by atoms with E-state index >= 15 is 0 Å². The summed E-state index contributed by atoms with van der Waals surface area (Å²) in [6.45, 7) is 3.01. The molecule has 2 aromatic rings. The number of pyridine rings is 1. The van der Waals surface area contributed by atoms with Gasteiger partial charge < -0.3 is 0 Å². The molecule has 1 aliphatic rings. The summed E-state index contributed by atoms with van der Waals surface area (Å²) in [5.74, 6) is 0. The molecule has 0 spiro atoms. The molecule has 0 atom stereocenters. The Kier molecular flexibility index (Phi) is 5.42. The second-order valence-electron chi connectivity index (χ2n) is 5.63. The van der Waals surface area contributed by atoms with Crippen molar-refractivity contribution >= 4 is 33.2 Å². The van der Waals surface area contributed by atoms with Gasteiger partial charge in [0, 0.05) is 43.9 Å². The van der Waals surface area contributed by atoms with E-state index in [0.717, 1.165) is 12.1 Å². The highest BCUT2D eigenvalue weighted by Crippen LogP contribution is 2.19. The third kappa shape index (κ3) is 4.07. The second kappa shape index (κ2) is 7.37. The largest absolute Gasteiger partial charge is 0.296 e. The van der Waals surface area contributed by atoms with Crippen LogP contribution < -0.4 is 0 Å². The quantitative estimate of drug-likeness (QED) is 0.759. The van der Waals surface area contributed by atoms with Crippen molar-refractivity contribution in [2.45, 2.75) is 11.4 Å². The minimum absolute atomic E-state index is 0.176. The summed E-state index contributed by atoms with van der Waals surface area (Å²) in [4.78, 5) is 6.25. The molecule has 1 aromatic carbocycles. The Morgan fingerprint density at radius 1 is 1.04 bits per heavy atom. The van der Waals surface area contributed by atoms with Gasteiger partial charge >= 0.3 is 0 Å². The summed E-state index contributed by atoms with van der Waals surface area (Å²) in [5, 5.41) is 0.990. The zero-order valence-electron chi connectivity index (χ0n) is 12.9. The lowest BCUT2D eigenvalue weighted by molar-refractivity contribution is 0.181. The van der Waals surface area contributed by atoms with Gasteiger partial charge in [-0.3, -0.25) is 4.90 Å². The highest BCUT2D eigenvalue weighted by molar-refractivity contribution is 7.89. The molecule has 0 bridgehead atoms. The monoisotopic (exact) mass is 385 g/mol. The Morgan fingerprint density at radius 3 is 2.42 bits per heavy atom. The van der Waals surface area contributed by atoms with Gasteiger partial charge in [0.2, 0.25) is 10.0 Å². The Balaban J connectivity index is 1.63. The molecule has 0 N–H and O–H groups in total. The second-order valence-corrected chi connectivity index (χ2v) is 8.39. The first-order chi connectivity index (χ1) is 11.4. The predicted molar refractivity (Wildman–Crippen MR) is 94.7 cm³/mol. The minimum Gasteiger partial charge on any atom is -0.296 e. The van der Waals surface area contributed by atoms with Crippen LogP contribution >= 0.6 is 23.2 Å². The van der Waals surface area contributed by atoms with Crippen LogP contribution in [0.25, 0.3) is 0 Å². The molecule has 1 aromatic heterocycles. The van der Waals surface area contributed by atoms with Gasteiger partial charge in [0.15, 0.2) is 0 Å². The fourth-order valence-electron chi connectivity index (χ4n) is 2.69. The van der Waals surface area contributed by atoms with E-state index in [-0.39, 0.29) is 10.0 Å². The van der Waals surface area contributed by atoms with Gasteiger partial charge in [0.25, 0.3) is 0 Å². The van der Waals surface area contributed by atoms with Crippen LogP contribution in [0.15, 0.2) is 47.5 Å². The first kappa shape index (κ1) is 17.6. The summed E-state index contributed by atoms with van der Waals surface area (Å²) in [7, 11) is -3.52. The summed E-state index contributed by atoms with van der Waals surface area (Å²) >= 11 is 11.7. The molecule has 128 valence electrons. The molecule has 1 saturated heterocycles. The lowest BCUT2D eigenvalue weighted by Gasteiger charge is -2.33. The van der Waals surface area contributed by atoms with Gasteiger partial charge in [-0.05, 0) is 29.8 Å². The molecule has 0 unspecified atom stereocenters. The zero-order valence-corrected chi connectivity index (χ0v) is 15.2. The fraction of sp³-hybridized carbons (Fsp3) is 0.312. The van der Waals surface area contributed by atoms with Crippen molar-refractivity contribution in [3.8, 4) is 0 Å². The van der Waals surface area contributed by atoms with Crippen molar-refractivity contribution in [3.63, 3.8) is 0 Å². The standard InChI is InChI=1S/C16H17Cl2N3O2S/c17-14-3-1-2-13(10-14)12-20-6-8-21(9-7-20)24(22,23)15-4-5-16(18)19-11-15/h1-5,10-11H,6-9,12H2. The van der Waals surface area contributed by atoms with Crippen LogP contribution in [0.1, 0.15) is 5.56 Å². The Morgan fingerprint density at radius 2 is 1.79 bits per heavy atom. The van der Waals surface area contributed by atoms with Crippen molar-refractivity contribution in [1.82, 2.24) is 14.2 Å². The van der Waals surface area contributed by atoms with E-state index in [1.165, 1.54) is 22.6 Å². The molecule has 5 nitrogen and oxygen atoms in total. The van der Waals surface area contributed by atoms with Crippen LogP contribution in [0, 0.1) is 0 Å². The van der Waals surface area contributed by atoms with Crippen LogP contribution in [0.4, 0.5) is 0 Å². The Hall–Kier alpha value is -1.18. The molecule has 1 aliphatic heterocycles. The predicted octanol–water partition coefficient (Wildman–Crippen LogP) is 2.89. The lowest BCUT2D eigenvalue weighted by atomic mass is 10.2. The summed E-state index contributed by atoms with van der Waals surface area (Å²) in [6.07, 6.45) is 1.30. The highest BCUT2D eigenvalue weighted by Gasteiger charge is 2.28. The first-order valence-electron chi connectivity index (χ1n) is 7.54. The van der Waals surface area contributed by atoms with Crippen molar-refractivity contribution in [2.24, 2.45) is 0 Å². The van der Waals surface area contributed by atoms with E-state index in [4.69, 9.17) is 23.2 Å². The molecular formula is C16H17Cl2N3O2S. The van der Waals surface area contributed by atoms with E-state index in [9.17, 15) is 8.42 Å². The van der Waals surface area contributed by atoms with Gasteiger partial charge in [-0.2, -0.15) is 4.31 Å². The molecule has 0 amide bonds. The van der Waals surface area contributed by atoms with E-state index < -0.39 is 10.0 Å². The molecule has 0 radical (unpaired) electrons. The molecule has 2 heterocycles. The number of sulfonamides is 1. The van der Waals surface area contributed by atoms with Crippen LogP contribution in [0.3, 0.4) is 0 Å². The van der Waals surface area contributed by atoms with Crippen LogP contribution in [0.2, 0.25) is 10.2 Å². The Bertz CT molecular complexity index is 804. The van der Waals surface area contributed by atoms with Gasteiger partial charge in [0.05, 0.1) is 0 Å². The summed E-state index contributed by atoms with van der Waals surface area (Å²) in [5.41, 5.74) is 1.13. The topological polar surface area (TPSA) is 53.5 Å². The van der Waals surface area contributed by atoms with Crippen molar-refractivity contribution < 1.29 is 8.42 Å². The number of halogens is 2.